The lowest BCUT2D eigenvalue weighted by atomic mass is 9.94. The zero-order chi connectivity index (χ0) is 16.3. The SMILES string of the molecule is CS(=O)(=O)c1cccnc1C1CCCN(Cc2ccncc2)C1. The Labute approximate surface area is 137 Å². The van der Waals surface area contributed by atoms with E-state index in [0.29, 0.717) is 4.90 Å². The molecular formula is C17H21N3O2S. The molecule has 5 nitrogen and oxygen atoms in total. The molecule has 122 valence electrons. The topological polar surface area (TPSA) is 63.2 Å². The number of nitrogens with zero attached hydrogens (tertiary/aromatic N) is 3. The molecule has 0 aliphatic carbocycles. The van der Waals surface area contributed by atoms with Crippen molar-refractivity contribution in [3.63, 3.8) is 0 Å². The summed E-state index contributed by atoms with van der Waals surface area (Å²) in [6.45, 7) is 2.72. The van der Waals surface area contributed by atoms with Gasteiger partial charge in [-0.2, -0.15) is 0 Å². The quantitative estimate of drug-likeness (QED) is 0.860. The molecule has 6 heteroatoms. The molecule has 0 aromatic carbocycles. The van der Waals surface area contributed by atoms with Crippen LogP contribution >= 0.6 is 0 Å². The van der Waals surface area contributed by atoms with Gasteiger partial charge in [0.1, 0.15) is 0 Å². The van der Waals surface area contributed by atoms with Gasteiger partial charge < -0.3 is 0 Å². The van der Waals surface area contributed by atoms with Crippen molar-refractivity contribution in [1.82, 2.24) is 14.9 Å². The van der Waals surface area contributed by atoms with Crippen LogP contribution in [0.25, 0.3) is 0 Å². The van der Waals surface area contributed by atoms with E-state index in [0.717, 1.165) is 38.2 Å². The van der Waals surface area contributed by atoms with Gasteiger partial charge >= 0.3 is 0 Å². The van der Waals surface area contributed by atoms with Crippen LogP contribution in [0.4, 0.5) is 0 Å². The first kappa shape index (κ1) is 16.1. The maximum atomic E-state index is 12.0. The highest BCUT2D eigenvalue weighted by Crippen LogP contribution is 2.30. The van der Waals surface area contributed by atoms with E-state index >= 15 is 0 Å². The molecule has 0 N–H and O–H groups in total. The van der Waals surface area contributed by atoms with E-state index in [-0.39, 0.29) is 5.92 Å². The third kappa shape index (κ3) is 3.95. The third-order valence-corrected chi connectivity index (χ3v) is 5.39. The second-order valence-corrected chi connectivity index (χ2v) is 8.07. The van der Waals surface area contributed by atoms with Gasteiger partial charge in [0.25, 0.3) is 0 Å². The Morgan fingerprint density at radius 3 is 2.74 bits per heavy atom. The molecule has 1 unspecified atom stereocenters. The van der Waals surface area contributed by atoms with Crippen LogP contribution in [0.15, 0.2) is 47.8 Å². The van der Waals surface area contributed by atoms with Crippen molar-refractivity contribution in [2.24, 2.45) is 0 Å². The predicted molar refractivity (Wildman–Crippen MR) is 88.8 cm³/mol. The summed E-state index contributed by atoms with van der Waals surface area (Å²) in [5.41, 5.74) is 1.94. The summed E-state index contributed by atoms with van der Waals surface area (Å²) in [4.78, 5) is 11.2. The normalized spacial score (nSPS) is 19.6. The standard InChI is InChI=1S/C17H21N3O2S/c1-23(21,22)16-5-2-8-19-17(16)15-4-3-11-20(13-15)12-14-6-9-18-10-7-14/h2,5-10,15H,3-4,11-13H2,1H3. The van der Waals surface area contributed by atoms with Crippen molar-refractivity contribution < 1.29 is 8.42 Å². The summed E-state index contributed by atoms with van der Waals surface area (Å²) in [5, 5.41) is 0. The zero-order valence-corrected chi connectivity index (χ0v) is 14.0. The Morgan fingerprint density at radius 1 is 1.22 bits per heavy atom. The van der Waals surface area contributed by atoms with Crippen LogP contribution in [-0.2, 0) is 16.4 Å². The lowest BCUT2D eigenvalue weighted by molar-refractivity contribution is 0.197. The molecule has 1 fully saturated rings. The molecule has 2 aromatic heterocycles. The highest BCUT2D eigenvalue weighted by atomic mass is 32.2. The van der Waals surface area contributed by atoms with Crippen molar-refractivity contribution >= 4 is 9.84 Å². The lowest BCUT2D eigenvalue weighted by Gasteiger charge is -2.33. The monoisotopic (exact) mass is 331 g/mol. The van der Waals surface area contributed by atoms with Crippen LogP contribution in [-0.4, -0.2) is 42.6 Å². The van der Waals surface area contributed by atoms with E-state index in [1.165, 1.54) is 11.8 Å². The van der Waals surface area contributed by atoms with Crippen LogP contribution in [0.5, 0.6) is 0 Å². The first-order valence-corrected chi connectivity index (χ1v) is 9.69. The van der Waals surface area contributed by atoms with E-state index < -0.39 is 9.84 Å². The lowest BCUT2D eigenvalue weighted by Crippen LogP contribution is -2.34. The average Bonchev–Trinajstić information content (AvgIpc) is 2.55. The Morgan fingerprint density at radius 2 is 2.00 bits per heavy atom. The minimum Gasteiger partial charge on any atom is -0.298 e. The van der Waals surface area contributed by atoms with E-state index in [1.807, 2.05) is 12.1 Å². The Bertz CT molecular complexity index is 762. The number of pyridine rings is 2. The maximum absolute atomic E-state index is 12.0. The molecule has 0 radical (unpaired) electrons. The first-order chi connectivity index (χ1) is 11.0. The van der Waals surface area contributed by atoms with Gasteiger partial charge in [-0.3, -0.25) is 14.9 Å². The molecule has 0 spiro atoms. The molecular weight excluding hydrogens is 310 g/mol. The molecule has 0 bridgehead atoms. The first-order valence-electron chi connectivity index (χ1n) is 7.80. The van der Waals surface area contributed by atoms with Crippen LogP contribution in [0.2, 0.25) is 0 Å². The second-order valence-electron chi connectivity index (χ2n) is 6.09. The summed E-state index contributed by atoms with van der Waals surface area (Å²) >= 11 is 0. The Kier molecular flexibility index (Phi) is 4.73. The fourth-order valence-corrected chi connectivity index (χ4v) is 4.12. The summed E-state index contributed by atoms with van der Waals surface area (Å²) < 4.78 is 24.0. The number of likely N-dealkylation sites (tertiary alicyclic amines) is 1. The Balaban J connectivity index is 1.79. The maximum Gasteiger partial charge on any atom is 0.177 e. The smallest absolute Gasteiger partial charge is 0.177 e. The van der Waals surface area contributed by atoms with Crippen molar-refractivity contribution in [1.29, 1.82) is 0 Å². The van der Waals surface area contributed by atoms with Crippen LogP contribution in [0.1, 0.15) is 30.0 Å². The van der Waals surface area contributed by atoms with Gasteiger partial charge in [-0.15, -0.1) is 0 Å². The molecule has 23 heavy (non-hydrogen) atoms. The van der Waals surface area contributed by atoms with Crippen molar-refractivity contribution in [2.75, 3.05) is 19.3 Å². The van der Waals surface area contributed by atoms with Gasteiger partial charge in [0.05, 0.1) is 10.6 Å². The van der Waals surface area contributed by atoms with Crippen LogP contribution in [0, 0.1) is 0 Å². The van der Waals surface area contributed by atoms with E-state index in [4.69, 9.17) is 0 Å². The third-order valence-electron chi connectivity index (χ3n) is 4.25. The van der Waals surface area contributed by atoms with Crippen molar-refractivity contribution in [3.05, 3.63) is 54.1 Å². The fraction of sp³-hybridized carbons (Fsp3) is 0.412. The number of rotatable bonds is 4. The molecule has 3 heterocycles. The number of sulfone groups is 1. The number of hydrogen-bond donors (Lipinski definition) is 0. The Hall–Kier alpha value is -1.79. The van der Waals surface area contributed by atoms with E-state index in [1.54, 1.807) is 30.7 Å². The number of hydrogen-bond acceptors (Lipinski definition) is 5. The molecule has 1 atom stereocenters. The molecule has 0 saturated carbocycles. The van der Waals surface area contributed by atoms with E-state index in [9.17, 15) is 8.42 Å². The molecule has 1 aliphatic heterocycles. The largest absolute Gasteiger partial charge is 0.298 e. The van der Waals surface area contributed by atoms with Gasteiger partial charge in [-0.05, 0) is 49.2 Å². The highest BCUT2D eigenvalue weighted by Gasteiger charge is 2.26. The molecule has 3 rings (SSSR count). The molecule has 0 amide bonds. The molecule has 2 aromatic rings. The van der Waals surface area contributed by atoms with Gasteiger partial charge in [0, 0.05) is 43.9 Å². The fourth-order valence-electron chi connectivity index (χ4n) is 3.19. The number of piperidine rings is 1. The second kappa shape index (κ2) is 6.76. The van der Waals surface area contributed by atoms with Crippen LogP contribution in [0.3, 0.4) is 0 Å². The highest BCUT2D eigenvalue weighted by molar-refractivity contribution is 7.90. The van der Waals surface area contributed by atoms with E-state index in [2.05, 4.69) is 14.9 Å². The predicted octanol–water partition coefficient (Wildman–Crippen LogP) is 2.26. The van der Waals surface area contributed by atoms with Gasteiger partial charge in [0.2, 0.25) is 0 Å². The summed E-state index contributed by atoms with van der Waals surface area (Å²) in [6.07, 6.45) is 8.58. The summed E-state index contributed by atoms with van der Waals surface area (Å²) in [5.74, 6) is 0.163. The van der Waals surface area contributed by atoms with Crippen molar-refractivity contribution in [3.8, 4) is 0 Å². The summed E-state index contributed by atoms with van der Waals surface area (Å²) in [6, 6.07) is 7.40. The minimum atomic E-state index is -3.25. The van der Waals surface area contributed by atoms with Gasteiger partial charge in [-0.25, -0.2) is 8.42 Å². The summed E-state index contributed by atoms with van der Waals surface area (Å²) in [7, 11) is -3.25. The average molecular weight is 331 g/mol. The van der Waals surface area contributed by atoms with Crippen molar-refractivity contribution in [2.45, 2.75) is 30.2 Å². The minimum absolute atomic E-state index is 0.163. The van der Waals surface area contributed by atoms with Gasteiger partial charge in [-0.1, -0.05) is 0 Å². The van der Waals surface area contributed by atoms with Crippen LogP contribution < -0.4 is 0 Å². The van der Waals surface area contributed by atoms with Gasteiger partial charge in [0.15, 0.2) is 9.84 Å². The molecule has 1 aliphatic rings. The number of aromatic nitrogens is 2. The zero-order valence-electron chi connectivity index (χ0n) is 13.2. The molecule has 1 saturated heterocycles.